The lowest BCUT2D eigenvalue weighted by Gasteiger charge is -2.23. The third-order valence-electron chi connectivity index (χ3n) is 3.58. The Hall–Kier alpha value is -3.03. The molecule has 7 nitrogen and oxygen atoms in total. The van der Waals surface area contributed by atoms with Crippen LogP contribution in [-0.2, 0) is 23.2 Å². The first kappa shape index (κ1) is 15.9. The van der Waals surface area contributed by atoms with Crippen LogP contribution >= 0.6 is 0 Å². The van der Waals surface area contributed by atoms with Gasteiger partial charge in [-0.2, -0.15) is 10.2 Å². The van der Waals surface area contributed by atoms with Gasteiger partial charge in [-0.25, -0.2) is 9.40 Å². The molecule has 0 fully saturated rings. The van der Waals surface area contributed by atoms with Gasteiger partial charge in [0.15, 0.2) is 0 Å². The van der Waals surface area contributed by atoms with Crippen molar-refractivity contribution >= 4 is 23.2 Å². The van der Waals surface area contributed by atoms with Gasteiger partial charge >= 0.3 is 0 Å². The Labute approximate surface area is 137 Å². The second kappa shape index (κ2) is 6.61. The summed E-state index contributed by atoms with van der Waals surface area (Å²) < 4.78 is 14.5. The maximum atomic E-state index is 13.0. The average Bonchev–Trinajstić information content (AvgIpc) is 2.96. The lowest BCUT2D eigenvalue weighted by Crippen LogP contribution is -2.35. The van der Waals surface area contributed by atoms with Gasteiger partial charge in [-0.3, -0.25) is 14.3 Å². The number of hydrogen-bond acceptors (Lipinski definition) is 4. The highest BCUT2D eigenvalue weighted by molar-refractivity contribution is 6.43. The zero-order valence-corrected chi connectivity index (χ0v) is 13.1. The molecule has 2 amide bonds. The van der Waals surface area contributed by atoms with Gasteiger partial charge in [0.05, 0.1) is 18.4 Å². The number of hydrogen-bond donors (Lipinski definition) is 1. The average molecular weight is 329 g/mol. The molecule has 0 atom stereocenters. The highest BCUT2D eigenvalue weighted by Gasteiger charge is 2.24. The molecule has 0 aliphatic carbocycles. The van der Waals surface area contributed by atoms with Crippen molar-refractivity contribution in [2.45, 2.75) is 19.4 Å². The fourth-order valence-electron chi connectivity index (χ4n) is 2.34. The molecule has 1 N–H and O–H groups in total. The van der Waals surface area contributed by atoms with Gasteiger partial charge in [0.2, 0.25) is 5.91 Å². The number of benzene rings is 1. The SMILES string of the molecule is Cn1cc(NC(=O)C2=NN(Cc3ccc(F)cc3)C(=O)CC2)cn1. The first-order valence-corrected chi connectivity index (χ1v) is 7.43. The van der Waals surface area contributed by atoms with Crippen molar-refractivity contribution in [3.8, 4) is 0 Å². The van der Waals surface area contributed by atoms with Crippen LogP contribution < -0.4 is 5.32 Å². The lowest BCUT2D eigenvalue weighted by molar-refractivity contribution is -0.132. The molecule has 24 heavy (non-hydrogen) atoms. The molecule has 124 valence electrons. The van der Waals surface area contributed by atoms with Crippen molar-refractivity contribution in [3.63, 3.8) is 0 Å². The van der Waals surface area contributed by atoms with Gasteiger partial charge in [0, 0.05) is 26.1 Å². The van der Waals surface area contributed by atoms with Crippen molar-refractivity contribution in [1.29, 1.82) is 0 Å². The maximum absolute atomic E-state index is 13.0. The van der Waals surface area contributed by atoms with E-state index in [0.717, 1.165) is 5.56 Å². The summed E-state index contributed by atoms with van der Waals surface area (Å²) in [6.45, 7) is 0.197. The third kappa shape index (κ3) is 3.65. The minimum atomic E-state index is -0.361. The summed E-state index contributed by atoms with van der Waals surface area (Å²) in [7, 11) is 1.75. The number of aryl methyl sites for hydroxylation is 1. The van der Waals surface area contributed by atoms with Crippen molar-refractivity contribution < 1.29 is 14.0 Å². The van der Waals surface area contributed by atoms with E-state index in [9.17, 15) is 14.0 Å². The molecule has 8 heteroatoms. The number of halogens is 1. The fourth-order valence-corrected chi connectivity index (χ4v) is 2.34. The molecule has 0 radical (unpaired) electrons. The zero-order valence-electron chi connectivity index (χ0n) is 13.1. The standard InChI is InChI=1S/C16H16FN5O2/c1-21-10-13(8-18-21)19-16(24)14-6-7-15(23)22(20-14)9-11-2-4-12(17)5-3-11/h2-5,8,10H,6-7,9H2,1H3,(H,19,24). The Morgan fingerprint density at radius 3 is 2.71 bits per heavy atom. The van der Waals surface area contributed by atoms with Crippen LogP contribution in [-0.4, -0.2) is 32.3 Å². The van der Waals surface area contributed by atoms with Crippen molar-refractivity contribution in [2.75, 3.05) is 5.32 Å². The fraction of sp³-hybridized carbons (Fsp3) is 0.250. The molecule has 2 heterocycles. The summed E-state index contributed by atoms with van der Waals surface area (Å²) in [5, 5.41) is 12.1. The van der Waals surface area contributed by atoms with Gasteiger partial charge in [-0.05, 0) is 17.7 Å². The maximum Gasteiger partial charge on any atom is 0.271 e. The lowest BCUT2D eigenvalue weighted by atomic mass is 10.1. The molecule has 0 saturated heterocycles. The molecule has 1 aliphatic rings. The molecular weight excluding hydrogens is 313 g/mol. The Bertz CT molecular complexity index is 797. The highest BCUT2D eigenvalue weighted by atomic mass is 19.1. The second-order valence-corrected chi connectivity index (χ2v) is 5.48. The molecule has 0 bridgehead atoms. The van der Waals surface area contributed by atoms with E-state index in [1.165, 1.54) is 23.3 Å². The number of carbonyl (C=O) groups excluding carboxylic acids is 2. The van der Waals surface area contributed by atoms with Gasteiger partial charge in [-0.15, -0.1) is 0 Å². The Balaban J connectivity index is 1.72. The molecule has 1 aliphatic heterocycles. The monoisotopic (exact) mass is 329 g/mol. The van der Waals surface area contributed by atoms with Gasteiger partial charge in [0.1, 0.15) is 11.5 Å². The van der Waals surface area contributed by atoms with E-state index in [2.05, 4.69) is 15.5 Å². The Kier molecular flexibility index (Phi) is 4.37. The van der Waals surface area contributed by atoms with Crippen LogP contribution in [0.5, 0.6) is 0 Å². The molecule has 0 saturated carbocycles. The first-order valence-electron chi connectivity index (χ1n) is 7.43. The molecule has 0 spiro atoms. The van der Waals surface area contributed by atoms with Crippen LogP contribution in [0.3, 0.4) is 0 Å². The summed E-state index contributed by atoms with van der Waals surface area (Å²) in [5.41, 5.74) is 1.58. The molecule has 1 aromatic heterocycles. The van der Waals surface area contributed by atoms with Gasteiger partial charge in [-0.1, -0.05) is 12.1 Å². The van der Waals surface area contributed by atoms with E-state index in [1.807, 2.05) is 0 Å². The summed E-state index contributed by atoms with van der Waals surface area (Å²) >= 11 is 0. The van der Waals surface area contributed by atoms with Crippen LogP contribution in [0.1, 0.15) is 18.4 Å². The third-order valence-corrected chi connectivity index (χ3v) is 3.58. The smallest absolute Gasteiger partial charge is 0.271 e. The number of rotatable bonds is 4. The van der Waals surface area contributed by atoms with Crippen LogP contribution in [0.25, 0.3) is 0 Å². The Morgan fingerprint density at radius 1 is 1.29 bits per heavy atom. The van der Waals surface area contributed by atoms with Crippen molar-refractivity contribution in [1.82, 2.24) is 14.8 Å². The number of aromatic nitrogens is 2. The van der Waals surface area contributed by atoms with E-state index in [4.69, 9.17) is 0 Å². The summed E-state index contributed by atoms with van der Waals surface area (Å²) in [6.07, 6.45) is 3.69. The summed E-state index contributed by atoms with van der Waals surface area (Å²) in [6, 6.07) is 5.82. The summed E-state index contributed by atoms with van der Waals surface area (Å²) in [4.78, 5) is 24.3. The number of carbonyl (C=O) groups is 2. The predicted molar refractivity (Wildman–Crippen MR) is 85.5 cm³/mol. The number of nitrogens with zero attached hydrogens (tertiary/aromatic N) is 4. The topological polar surface area (TPSA) is 79.6 Å². The zero-order chi connectivity index (χ0) is 17.1. The molecular formula is C16H16FN5O2. The van der Waals surface area contributed by atoms with Crippen LogP contribution in [0.15, 0.2) is 41.8 Å². The van der Waals surface area contributed by atoms with Crippen LogP contribution in [0.4, 0.5) is 10.1 Å². The van der Waals surface area contributed by atoms with E-state index in [0.29, 0.717) is 5.69 Å². The number of amides is 2. The first-order chi connectivity index (χ1) is 11.5. The minimum Gasteiger partial charge on any atom is -0.318 e. The molecule has 1 aromatic carbocycles. The molecule has 0 unspecified atom stereocenters. The van der Waals surface area contributed by atoms with E-state index in [-0.39, 0.29) is 42.7 Å². The number of nitrogens with one attached hydrogen (secondary N) is 1. The predicted octanol–water partition coefficient (Wildman–Crippen LogP) is 1.68. The van der Waals surface area contributed by atoms with Gasteiger partial charge in [0.25, 0.3) is 5.91 Å². The van der Waals surface area contributed by atoms with Gasteiger partial charge < -0.3 is 5.32 Å². The normalized spacial score (nSPS) is 14.5. The number of hydrazone groups is 1. The quantitative estimate of drug-likeness (QED) is 0.927. The molecule has 3 rings (SSSR count). The highest BCUT2D eigenvalue weighted by Crippen LogP contribution is 2.15. The molecule has 2 aromatic rings. The van der Waals surface area contributed by atoms with Crippen molar-refractivity contribution in [3.05, 3.63) is 48.0 Å². The Morgan fingerprint density at radius 2 is 2.04 bits per heavy atom. The van der Waals surface area contributed by atoms with E-state index < -0.39 is 0 Å². The minimum absolute atomic E-state index is 0.169. The van der Waals surface area contributed by atoms with Crippen LogP contribution in [0, 0.1) is 5.82 Å². The van der Waals surface area contributed by atoms with E-state index >= 15 is 0 Å². The largest absolute Gasteiger partial charge is 0.318 e. The number of anilines is 1. The van der Waals surface area contributed by atoms with Crippen molar-refractivity contribution in [2.24, 2.45) is 12.1 Å². The second-order valence-electron chi connectivity index (χ2n) is 5.48. The van der Waals surface area contributed by atoms with E-state index in [1.54, 1.807) is 30.1 Å². The summed E-state index contributed by atoms with van der Waals surface area (Å²) in [5.74, 6) is -0.874. The van der Waals surface area contributed by atoms with Crippen LogP contribution in [0.2, 0.25) is 0 Å².